The summed E-state index contributed by atoms with van der Waals surface area (Å²) >= 11 is -1.33. The fourth-order valence-electron chi connectivity index (χ4n) is 4.02. The second-order valence-electron chi connectivity index (χ2n) is 7.80. The first-order valence-corrected chi connectivity index (χ1v) is 11.6. The van der Waals surface area contributed by atoms with Crippen LogP contribution in [-0.2, 0) is 11.4 Å². The van der Waals surface area contributed by atoms with Crippen molar-refractivity contribution in [3.8, 4) is 22.3 Å². The summed E-state index contributed by atoms with van der Waals surface area (Å²) in [6, 6.07) is 15.9. The topological polar surface area (TPSA) is 85.4 Å². The number of anilines is 1. The smallest absolute Gasteiger partial charge is 0.181 e. The summed E-state index contributed by atoms with van der Waals surface area (Å²) in [5.41, 5.74) is 8.17. The van der Waals surface area contributed by atoms with E-state index in [1.54, 1.807) is 24.4 Å². The first-order chi connectivity index (χ1) is 15.1. The molecule has 1 aliphatic heterocycles. The van der Waals surface area contributed by atoms with E-state index >= 15 is 0 Å². The zero-order chi connectivity index (χ0) is 21.8. The number of hydrogen-bond donors (Lipinski definition) is 2. The van der Waals surface area contributed by atoms with Gasteiger partial charge in [-0.15, -0.1) is 4.31 Å². The van der Waals surface area contributed by atoms with Gasteiger partial charge in [0.15, 0.2) is 4.90 Å². The molecule has 2 aromatic carbocycles. The monoisotopic (exact) mass is 439 g/mol. The average Bonchev–Trinajstić information content (AvgIpc) is 2.80. The minimum Gasteiger partial charge on any atom is -0.593 e. The largest absolute Gasteiger partial charge is 0.593 e. The quantitative estimate of drug-likeness (QED) is 0.561. The highest BCUT2D eigenvalue weighted by atomic mass is 32.2. The summed E-state index contributed by atoms with van der Waals surface area (Å²) in [6.45, 7) is 1.65. The maximum atomic E-state index is 15.0. The molecule has 1 aliphatic rings. The summed E-state index contributed by atoms with van der Waals surface area (Å²) in [5, 5.41) is 9.15. The maximum absolute atomic E-state index is 15.0. The Balaban J connectivity index is 1.58. The molecule has 3 N–H and O–H groups in total. The molecule has 1 aromatic heterocycles. The molecule has 1 fully saturated rings. The van der Waals surface area contributed by atoms with Crippen LogP contribution in [0.25, 0.3) is 22.3 Å². The molecule has 7 heteroatoms. The number of nitrogen functional groups attached to an aromatic ring is 1. The molecule has 0 saturated carbocycles. The molecular weight excluding hydrogens is 413 g/mol. The van der Waals surface area contributed by atoms with E-state index < -0.39 is 11.4 Å². The van der Waals surface area contributed by atoms with Crippen molar-refractivity contribution in [2.45, 2.75) is 24.2 Å². The third-order valence-corrected chi connectivity index (χ3v) is 7.36. The van der Waals surface area contributed by atoms with Crippen LogP contribution in [0, 0.1) is 11.7 Å². The molecule has 4 rings (SSSR count). The Morgan fingerprint density at radius 3 is 2.48 bits per heavy atom. The van der Waals surface area contributed by atoms with E-state index in [4.69, 9.17) is 10.8 Å². The second-order valence-corrected chi connectivity index (χ2v) is 9.25. The number of rotatable bonds is 6. The fourth-order valence-corrected chi connectivity index (χ4v) is 5.41. The third kappa shape index (κ3) is 4.91. The molecular formula is C24H26FN3O2S. The number of aliphatic hydroxyl groups is 1. The summed E-state index contributed by atoms with van der Waals surface area (Å²) in [4.78, 5) is 4.72. The van der Waals surface area contributed by atoms with E-state index in [0.29, 0.717) is 33.3 Å². The Morgan fingerprint density at radius 1 is 1.06 bits per heavy atom. The summed E-state index contributed by atoms with van der Waals surface area (Å²) in [6.07, 6.45) is 4.20. The lowest BCUT2D eigenvalue weighted by Crippen LogP contribution is -2.38. The zero-order valence-electron chi connectivity index (χ0n) is 17.2. The number of nitrogens with zero attached hydrogens (tertiary/aromatic N) is 2. The molecule has 0 spiro atoms. The number of aliphatic hydroxyl groups excluding tert-OH is 1. The fraction of sp³-hybridized carbons (Fsp3) is 0.292. The van der Waals surface area contributed by atoms with E-state index in [9.17, 15) is 8.94 Å². The lowest BCUT2D eigenvalue weighted by molar-refractivity contribution is 0.208. The van der Waals surface area contributed by atoms with E-state index in [2.05, 4.69) is 4.98 Å². The molecule has 0 bridgehead atoms. The van der Waals surface area contributed by atoms with Crippen molar-refractivity contribution in [2.75, 3.05) is 25.4 Å². The molecule has 5 nitrogen and oxygen atoms in total. The van der Waals surface area contributed by atoms with Gasteiger partial charge in [-0.05, 0) is 61.1 Å². The molecule has 0 aliphatic carbocycles. The van der Waals surface area contributed by atoms with Gasteiger partial charge >= 0.3 is 0 Å². The van der Waals surface area contributed by atoms with Crippen molar-refractivity contribution >= 4 is 17.2 Å². The van der Waals surface area contributed by atoms with Crippen molar-refractivity contribution in [3.05, 3.63) is 66.6 Å². The van der Waals surface area contributed by atoms with Gasteiger partial charge in [-0.1, -0.05) is 24.3 Å². The Bertz CT molecular complexity index is 1020. The Morgan fingerprint density at radius 2 is 1.81 bits per heavy atom. The van der Waals surface area contributed by atoms with Crippen LogP contribution in [0.2, 0.25) is 0 Å². The van der Waals surface area contributed by atoms with Gasteiger partial charge in [0.25, 0.3) is 0 Å². The van der Waals surface area contributed by atoms with Crippen molar-refractivity contribution in [1.82, 2.24) is 9.29 Å². The van der Waals surface area contributed by atoms with Gasteiger partial charge in [-0.2, -0.15) is 0 Å². The molecule has 1 unspecified atom stereocenters. The van der Waals surface area contributed by atoms with Crippen LogP contribution >= 0.6 is 0 Å². The SMILES string of the molecule is Nc1ccc(-c2ccc(-c3ccccc3[S+]([O-])N3CCC(CCO)CC3)cc2F)cn1. The van der Waals surface area contributed by atoms with Crippen LogP contribution < -0.4 is 5.73 Å². The van der Waals surface area contributed by atoms with Gasteiger partial charge in [0.2, 0.25) is 0 Å². The van der Waals surface area contributed by atoms with Crippen LogP contribution in [0.5, 0.6) is 0 Å². The van der Waals surface area contributed by atoms with Gasteiger partial charge in [0.1, 0.15) is 11.6 Å². The van der Waals surface area contributed by atoms with E-state index in [1.165, 1.54) is 6.07 Å². The Hall–Kier alpha value is -2.45. The molecule has 3 aromatic rings. The molecule has 2 heterocycles. The van der Waals surface area contributed by atoms with Crippen molar-refractivity contribution < 1.29 is 14.0 Å². The predicted molar refractivity (Wildman–Crippen MR) is 122 cm³/mol. The zero-order valence-corrected chi connectivity index (χ0v) is 18.0. The molecule has 1 atom stereocenters. The summed E-state index contributed by atoms with van der Waals surface area (Å²) in [7, 11) is 0. The van der Waals surface area contributed by atoms with Gasteiger partial charge in [-0.3, -0.25) is 0 Å². The van der Waals surface area contributed by atoms with Crippen LogP contribution in [-0.4, -0.2) is 38.6 Å². The Labute approximate surface area is 185 Å². The predicted octanol–water partition coefficient (Wildman–Crippen LogP) is 4.25. The first-order valence-electron chi connectivity index (χ1n) is 10.5. The van der Waals surface area contributed by atoms with Gasteiger partial charge in [0.05, 0.1) is 11.4 Å². The minimum absolute atomic E-state index is 0.199. The second kappa shape index (κ2) is 9.78. The molecule has 1 saturated heterocycles. The highest BCUT2D eigenvalue weighted by molar-refractivity contribution is 7.89. The standard InChI is InChI=1S/C24H26FN3O2S/c25-22-15-18(5-7-20(22)19-6-8-24(26)27-16-19)21-3-1-2-4-23(21)31(30)28-12-9-17(10-13-28)11-14-29/h1-8,15-17,29H,9-14H2,(H2,26,27). The van der Waals surface area contributed by atoms with Gasteiger partial charge < -0.3 is 15.4 Å². The Kier molecular flexibility index (Phi) is 6.87. The lowest BCUT2D eigenvalue weighted by atomic mass is 9.95. The number of pyridine rings is 1. The first kappa shape index (κ1) is 21.8. The highest BCUT2D eigenvalue weighted by Crippen LogP contribution is 2.34. The van der Waals surface area contributed by atoms with E-state index in [1.807, 2.05) is 34.6 Å². The average molecular weight is 440 g/mol. The van der Waals surface area contributed by atoms with Gasteiger partial charge in [0, 0.05) is 42.6 Å². The van der Waals surface area contributed by atoms with Crippen LogP contribution in [0.1, 0.15) is 19.3 Å². The number of aromatic nitrogens is 1. The van der Waals surface area contributed by atoms with Gasteiger partial charge in [-0.25, -0.2) is 9.37 Å². The number of piperidine rings is 1. The van der Waals surface area contributed by atoms with Crippen molar-refractivity contribution in [3.63, 3.8) is 0 Å². The normalized spacial score (nSPS) is 16.4. The molecule has 162 valence electrons. The highest BCUT2D eigenvalue weighted by Gasteiger charge is 2.30. The summed E-state index contributed by atoms with van der Waals surface area (Å²) < 4.78 is 30.3. The number of halogens is 1. The number of nitrogens with two attached hydrogens (primary N) is 1. The van der Waals surface area contributed by atoms with Crippen LogP contribution in [0.4, 0.5) is 10.2 Å². The molecule has 0 amide bonds. The molecule has 31 heavy (non-hydrogen) atoms. The number of benzene rings is 2. The summed E-state index contributed by atoms with van der Waals surface area (Å²) in [5.74, 6) is 0.505. The minimum atomic E-state index is -1.33. The lowest BCUT2D eigenvalue weighted by Gasteiger charge is -2.32. The van der Waals surface area contributed by atoms with E-state index in [-0.39, 0.29) is 12.4 Å². The molecule has 0 radical (unpaired) electrons. The van der Waals surface area contributed by atoms with Crippen molar-refractivity contribution in [1.29, 1.82) is 0 Å². The maximum Gasteiger partial charge on any atom is 0.181 e. The van der Waals surface area contributed by atoms with E-state index in [0.717, 1.165) is 37.9 Å². The number of hydrogen-bond acceptors (Lipinski definition) is 5. The van der Waals surface area contributed by atoms with Crippen LogP contribution in [0.3, 0.4) is 0 Å². The van der Waals surface area contributed by atoms with Crippen molar-refractivity contribution in [2.24, 2.45) is 5.92 Å². The van der Waals surface area contributed by atoms with Crippen LogP contribution in [0.15, 0.2) is 65.7 Å². The third-order valence-electron chi connectivity index (χ3n) is 5.80.